The van der Waals surface area contributed by atoms with E-state index in [1.54, 1.807) is 0 Å². The van der Waals surface area contributed by atoms with Crippen molar-refractivity contribution in [1.29, 1.82) is 0 Å². The smallest absolute Gasteiger partial charge is 0.404 e. The van der Waals surface area contributed by atoms with E-state index < -0.39 is 6.09 Å². The van der Waals surface area contributed by atoms with Gasteiger partial charge in [-0.1, -0.05) is 43.7 Å². The topological polar surface area (TPSA) is 58.6 Å². The molecular formula is C22H25BrFNO3. The Kier molecular flexibility index (Phi) is 6.94. The normalized spacial score (nSPS) is 16.9. The van der Waals surface area contributed by atoms with Crippen LogP contribution in [0.5, 0.6) is 5.75 Å². The molecule has 28 heavy (non-hydrogen) atoms. The summed E-state index contributed by atoms with van der Waals surface area (Å²) in [6, 6.07) is 11.5. The molecule has 1 aliphatic carbocycles. The molecule has 0 fully saturated rings. The SMILES string of the molecule is CCCC(NC(=O)O)[C@@H]1CCc2cc(OCc3ccccc3)c(Br)c(F)c2C1. The molecule has 6 heteroatoms. The number of hydrogen-bond acceptors (Lipinski definition) is 2. The average molecular weight is 450 g/mol. The standard InChI is InChI=1S/C22H25BrFNO3/c1-2-6-18(25-22(26)27)16-10-9-15-12-19(20(23)21(24)17(15)11-16)28-13-14-7-4-3-5-8-14/h3-5,7-8,12,16,18,25H,2,6,9-11,13H2,1H3,(H,26,27)/t16-,18?/m1/s1. The van der Waals surface area contributed by atoms with Crippen molar-refractivity contribution in [3.8, 4) is 5.75 Å². The van der Waals surface area contributed by atoms with Gasteiger partial charge in [-0.05, 0) is 70.3 Å². The van der Waals surface area contributed by atoms with Gasteiger partial charge in [0.2, 0.25) is 0 Å². The van der Waals surface area contributed by atoms with Crippen LogP contribution in [0.15, 0.2) is 40.9 Å². The summed E-state index contributed by atoms with van der Waals surface area (Å²) in [6.45, 7) is 2.40. The number of amides is 1. The lowest BCUT2D eigenvalue weighted by atomic mass is 9.78. The quantitative estimate of drug-likeness (QED) is 0.568. The number of nitrogens with one attached hydrogen (secondary N) is 1. The van der Waals surface area contributed by atoms with Crippen molar-refractivity contribution in [3.63, 3.8) is 0 Å². The van der Waals surface area contributed by atoms with Crippen LogP contribution in [0.2, 0.25) is 0 Å². The first-order valence-corrected chi connectivity index (χ1v) is 10.4. The molecule has 0 spiro atoms. The summed E-state index contributed by atoms with van der Waals surface area (Å²) in [5.41, 5.74) is 2.64. The summed E-state index contributed by atoms with van der Waals surface area (Å²) < 4.78 is 21.3. The van der Waals surface area contributed by atoms with Gasteiger partial charge in [-0.2, -0.15) is 0 Å². The van der Waals surface area contributed by atoms with E-state index >= 15 is 4.39 Å². The predicted octanol–water partition coefficient (Wildman–Crippen LogP) is 5.71. The molecule has 1 unspecified atom stereocenters. The number of aryl methyl sites for hydroxylation is 1. The summed E-state index contributed by atoms with van der Waals surface area (Å²) in [6.07, 6.45) is 2.70. The van der Waals surface area contributed by atoms with Crippen molar-refractivity contribution < 1.29 is 19.0 Å². The van der Waals surface area contributed by atoms with Crippen LogP contribution >= 0.6 is 15.9 Å². The zero-order valence-electron chi connectivity index (χ0n) is 15.9. The van der Waals surface area contributed by atoms with Gasteiger partial charge in [-0.25, -0.2) is 9.18 Å². The molecule has 2 atom stereocenters. The van der Waals surface area contributed by atoms with Crippen molar-refractivity contribution >= 4 is 22.0 Å². The Balaban J connectivity index is 1.78. The zero-order valence-corrected chi connectivity index (χ0v) is 17.5. The van der Waals surface area contributed by atoms with Gasteiger partial charge in [0.1, 0.15) is 18.2 Å². The number of ether oxygens (including phenoxy) is 1. The van der Waals surface area contributed by atoms with E-state index in [1.165, 1.54) is 0 Å². The van der Waals surface area contributed by atoms with Gasteiger partial charge in [0, 0.05) is 6.04 Å². The highest BCUT2D eigenvalue weighted by molar-refractivity contribution is 9.10. The molecular weight excluding hydrogens is 425 g/mol. The van der Waals surface area contributed by atoms with Gasteiger partial charge in [0.15, 0.2) is 0 Å². The van der Waals surface area contributed by atoms with E-state index in [-0.39, 0.29) is 17.8 Å². The van der Waals surface area contributed by atoms with E-state index in [0.717, 1.165) is 30.4 Å². The lowest BCUT2D eigenvalue weighted by Gasteiger charge is -2.32. The fourth-order valence-electron chi connectivity index (χ4n) is 3.92. The van der Waals surface area contributed by atoms with Crippen LogP contribution in [0, 0.1) is 11.7 Å². The Labute approximate surface area is 173 Å². The van der Waals surface area contributed by atoms with Crippen molar-refractivity contribution in [3.05, 3.63) is 63.4 Å². The summed E-state index contributed by atoms with van der Waals surface area (Å²) in [5, 5.41) is 11.7. The Morgan fingerprint density at radius 2 is 2.14 bits per heavy atom. The number of carbonyl (C=O) groups is 1. The summed E-state index contributed by atoms with van der Waals surface area (Å²) in [4.78, 5) is 11.1. The van der Waals surface area contributed by atoms with Gasteiger partial charge in [0.05, 0.1) is 4.47 Å². The molecule has 0 aromatic heterocycles. The van der Waals surface area contributed by atoms with Crippen molar-refractivity contribution in [2.75, 3.05) is 0 Å². The minimum absolute atomic E-state index is 0.0982. The molecule has 1 amide bonds. The van der Waals surface area contributed by atoms with E-state index in [2.05, 4.69) is 21.2 Å². The third-order valence-electron chi connectivity index (χ3n) is 5.33. The lowest BCUT2D eigenvalue weighted by Crippen LogP contribution is -2.41. The Bertz CT molecular complexity index is 828. The third kappa shape index (κ3) is 4.85. The maximum Gasteiger partial charge on any atom is 0.404 e. The van der Waals surface area contributed by atoms with Crippen LogP contribution in [0.25, 0.3) is 0 Å². The molecule has 4 nitrogen and oxygen atoms in total. The second kappa shape index (κ2) is 9.41. The second-order valence-corrected chi connectivity index (χ2v) is 8.06. The molecule has 0 bridgehead atoms. The highest BCUT2D eigenvalue weighted by atomic mass is 79.9. The number of carboxylic acid groups (broad SMARTS) is 1. The van der Waals surface area contributed by atoms with Crippen molar-refractivity contribution in [1.82, 2.24) is 5.32 Å². The van der Waals surface area contributed by atoms with Crippen LogP contribution < -0.4 is 10.1 Å². The van der Waals surface area contributed by atoms with Gasteiger partial charge < -0.3 is 15.2 Å². The Morgan fingerprint density at radius 1 is 1.39 bits per heavy atom. The average Bonchev–Trinajstić information content (AvgIpc) is 2.69. The van der Waals surface area contributed by atoms with Gasteiger partial charge in [0.25, 0.3) is 0 Å². The lowest BCUT2D eigenvalue weighted by molar-refractivity contribution is 0.180. The first-order valence-electron chi connectivity index (χ1n) is 9.65. The molecule has 0 saturated carbocycles. The Hall–Kier alpha value is -2.08. The molecule has 2 aromatic carbocycles. The maximum absolute atomic E-state index is 15.1. The van der Waals surface area contributed by atoms with E-state index in [1.807, 2.05) is 43.3 Å². The largest absolute Gasteiger partial charge is 0.488 e. The first-order chi connectivity index (χ1) is 13.5. The number of halogens is 2. The number of hydrogen-bond donors (Lipinski definition) is 2. The van der Waals surface area contributed by atoms with Crippen LogP contribution in [-0.4, -0.2) is 17.2 Å². The highest BCUT2D eigenvalue weighted by Gasteiger charge is 2.30. The second-order valence-electron chi connectivity index (χ2n) is 7.26. The van der Waals surface area contributed by atoms with Crippen molar-refractivity contribution in [2.24, 2.45) is 5.92 Å². The summed E-state index contributed by atoms with van der Waals surface area (Å²) >= 11 is 3.35. The molecule has 2 N–H and O–H groups in total. The number of rotatable bonds is 7. The van der Waals surface area contributed by atoms with E-state index in [0.29, 0.717) is 35.2 Å². The monoisotopic (exact) mass is 449 g/mol. The van der Waals surface area contributed by atoms with Gasteiger partial charge >= 0.3 is 6.09 Å². The zero-order chi connectivity index (χ0) is 20.1. The fraction of sp³-hybridized carbons (Fsp3) is 0.409. The molecule has 0 aliphatic heterocycles. The Morgan fingerprint density at radius 3 is 2.82 bits per heavy atom. The van der Waals surface area contributed by atoms with E-state index in [9.17, 15) is 4.79 Å². The molecule has 2 aromatic rings. The molecule has 0 heterocycles. The van der Waals surface area contributed by atoms with Crippen LogP contribution in [0.3, 0.4) is 0 Å². The maximum atomic E-state index is 15.1. The molecule has 3 rings (SSSR count). The first kappa shape index (κ1) is 20.6. The van der Waals surface area contributed by atoms with Crippen LogP contribution in [-0.2, 0) is 19.4 Å². The minimum Gasteiger partial charge on any atom is -0.488 e. The van der Waals surface area contributed by atoms with Crippen LogP contribution in [0.1, 0.15) is 42.9 Å². The van der Waals surface area contributed by atoms with Gasteiger partial charge in [-0.3, -0.25) is 0 Å². The number of benzene rings is 2. The van der Waals surface area contributed by atoms with Crippen molar-refractivity contribution in [2.45, 2.75) is 51.7 Å². The summed E-state index contributed by atoms with van der Waals surface area (Å²) in [7, 11) is 0. The summed E-state index contributed by atoms with van der Waals surface area (Å²) in [5.74, 6) is 0.309. The van der Waals surface area contributed by atoms with E-state index in [4.69, 9.17) is 9.84 Å². The third-order valence-corrected chi connectivity index (χ3v) is 6.07. The minimum atomic E-state index is -1.02. The molecule has 150 valence electrons. The molecule has 0 radical (unpaired) electrons. The predicted molar refractivity (Wildman–Crippen MR) is 110 cm³/mol. The fourth-order valence-corrected chi connectivity index (χ4v) is 4.39. The number of fused-ring (bicyclic) bond motifs is 1. The highest BCUT2D eigenvalue weighted by Crippen LogP contribution is 2.38. The molecule has 1 aliphatic rings. The van der Waals surface area contributed by atoms with Crippen LogP contribution in [0.4, 0.5) is 9.18 Å². The van der Waals surface area contributed by atoms with Gasteiger partial charge in [-0.15, -0.1) is 0 Å². The molecule has 0 saturated heterocycles.